The van der Waals surface area contributed by atoms with E-state index >= 15 is 0 Å². The molecule has 1 aromatic rings. The Kier molecular flexibility index (Phi) is 2.62. The fraction of sp³-hybridized carbons (Fsp3) is 0.462. The van der Waals surface area contributed by atoms with Crippen molar-refractivity contribution in [3.05, 3.63) is 29.3 Å². The summed E-state index contributed by atoms with van der Waals surface area (Å²) in [5.41, 5.74) is 2.50. The average molecular weight is 219 g/mol. The lowest BCUT2D eigenvalue weighted by atomic mass is 10.0. The zero-order chi connectivity index (χ0) is 11.9. The Labute approximate surface area is 95.7 Å². The molecule has 1 atom stereocenters. The van der Waals surface area contributed by atoms with E-state index in [0.717, 1.165) is 17.8 Å². The molecule has 1 aliphatic heterocycles. The summed E-state index contributed by atoms with van der Waals surface area (Å²) in [6.45, 7) is 7.25. The zero-order valence-corrected chi connectivity index (χ0v) is 9.90. The van der Waals surface area contributed by atoms with E-state index < -0.39 is 5.97 Å². The van der Waals surface area contributed by atoms with Gasteiger partial charge in [-0.25, -0.2) is 4.79 Å². The average Bonchev–Trinajstić information content (AvgIpc) is 2.56. The minimum Gasteiger partial charge on any atom is -0.478 e. The second kappa shape index (κ2) is 3.81. The number of hydrogen-bond donors (Lipinski definition) is 1. The van der Waals surface area contributed by atoms with Crippen molar-refractivity contribution in [1.29, 1.82) is 0 Å². The normalized spacial score (nSPS) is 19.0. The van der Waals surface area contributed by atoms with E-state index in [1.807, 2.05) is 12.1 Å². The third kappa shape index (κ3) is 1.56. The van der Waals surface area contributed by atoms with Crippen molar-refractivity contribution in [2.45, 2.75) is 32.7 Å². The largest absolute Gasteiger partial charge is 0.478 e. The van der Waals surface area contributed by atoms with Gasteiger partial charge >= 0.3 is 5.97 Å². The van der Waals surface area contributed by atoms with E-state index in [0.29, 0.717) is 17.5 Å². The summed E-state index contributed by atoms with van der Waals surface area (Å²) in [5, 5.41) is 9.21. The Morgan fingerprint density at radius 2 is 2.19 bits per heavy atom. The first-order chi connectivity index (χ1) is 7.52. The van der Waals surface area contributed by atoms with Crippen LogP contribution in [0.3, 0.4) is 0 Å². The number of fused-ring (bicyclic) bond motifs is 1. The van der Waals surface area contributed by atoms with Gasteiger partial charge in [-0.05, 0) is 25.5 Å². The lowest BCUT2D eigenvalue weighted by molar-refractivity contribution is 0.0697. The molecule has 0 fully saturated rings. The quantitative estimate of drug-likeness (QED) is 0.831. The number of para-hydroxylation sites is 1. The SMILES string of the molecule is CC1CN(C(C)C)c2c(C(=O)O)cccc21. The van der Waals surface area contributed by atoms with E-state index in [2.05, 4.69) is 25.7 Å². The molecule has 1 heterocycles. The summed E-state index contributed by atoms with van der Waals surface area (Å²) < 4.78 is 0. The molecule has 1 aromatic carbocycles. The molecule has 0 aliphatic carbocycles. The maximum atomic E-state index is 11.2. The second-order valence-corrected chi connectivity index (χ2v) is 4.70. The van der Waals surface area contributed by atoms with Crippen molar-refractivity contribution in [2.75, 3.05) is 11.4 Å². The van der Waals surface area contributed by atoms with Gasteiger partial charge in [0.2, 0.25) is 0 Å². The number of carbonyl (C=O) groups is 1. The summed E-state index contributed by atoms with van der Waals surface area (Å²) in [5.74, 6) is -0.423. The van der Waals surface area contributed by atoms with Crippen LogP contribution in [-0.2, 0) is 0 Å². The van der Waals surface area contributed by atoms with Crippen molar-refractivity contribution in [3.8, 4) is 0 Å². The number of benzene rings is 1. The van der Waals surface area contributed by atoms with E-state index in [1.165, 1.54) is 0 Å². The third-order valence-electron chi connectivity index (χ3n) is 3.21. The Balaban J connectivity index is 2.58. The van der Waals surface area contributed by atoms with Gasteiger partial charge in [-0.2, -0.15) is 0 Å². The van der Waals surface area contributed by atoms with Gasteiger partial charge < -0.3 is 10.0 Å². The molecule has 0 spiro atoms. The van der Waals surface area contributed by atoms with Crippen LogP contribution in [0.5, 0.6) is 0 Å². The van der Waals surface area contributed by atoms with E-state index in [4.69, 9.17) is 0 Å². The maximum Gasteiger partial charge on any atom is 0.337 e. The minimum absolute atomic E-state index is 0.337. The van der Waals surface area contributed by atoms with E-state index in [-0.39, 0.29) is 0 Å². The molecule has 1 unspecified atom stereocenters. The number of hydrogen-bond acceptors (Lipinski definition) is 2. The number of aromatic carboxylic acids is 1. The molecular weight excluding hydrogens is 202 g/mol. The molecule has 3 nitrogen and oxygen atoms in total. The highest BCUT2D eigenvalue weighted by Gasteiger charge is 2.30. The van der Waals surface area contributed by atoms with Gasteiger partial charge in [0.25, 0.3) is 0 Å². The molecule has 0 bridgehead atoms. The van der Waals surface area contributed by atoms with Gasteiger partial charge in [0.05, 0.1) is 11.3 Å². The fourth-order valence-corrected chi connectivity index (χ4v) is 2.41. The summed E-state index contributed by atoms with van der Waals surface area (Å²) >= 11 is 0. The first kappa shape index (κ1) is 11.0. The first-order valence-electron chi connectivity index (χ1n) is 5.65. The van der Waals surface area contributed by atoms with Crippen LogP contribution in [0.25, 0.3) is 0 Å². The fourth-order valence-electron chi connectivity index (χ4n) is 2.41. The third-order valence-corrected chi connectivity index (χ3v) is 3.21. The number of anilines is 1. The monoisotopic (exact) mass is 219 g/mol. The standard InChI is InChI=1S/C13H17NO2/c1-8(2)14-7-9(3)10-5-4-6-11(12(10)14)13(15)16/h4-6,8-9H,7H2,1-3H3,(H,15,16). The molecule has 16 heavy (non-hydrogen) atoms. The molecule has 0 saturated carbocycles. The van der Waals surface area contributed by atoms with Crippen LogP contribution in [0.15, 0.2) is 18.2 Å². The summed E-state index contributed by atoms with van der Waals surface area (Å²) in [6, 6.07) is 5.90. The van der Waals surface area contributed by atoms with Crippen molar-refractivity contribution < 1.29 is 9.90 Å². The van der Waals surface area contributed by atoms with Crippen molar-refractivity contribution >= 4 is 11.7 Å². The van der Waals surface area contributed by atoms with Crippen LogP contribution < -0.4 is 4.90 Å². The van der Waals surface area contributed by atoms with Crippen LogP contribution in [0.4, 0.5) is 5.69 Å². The first-order valence-corrected chi connectivity index (χ1v) is 5.65. The molecule has 1 N–H and O–H groups in total. The molecule has 86 valence electrons. The van der Waals surface area contributed by atoms with Gasteiger partial charge in [-0.15, -0.1) is 0 Å². The lowest BCUT2D eigenvalue weighted by Crippen LogP contribution is -2.30. The van der Waals surface area contributed by atoms with Gasteiger partial charge in [-0.3, -0.25) is 0 Å². The van der Waals surface area contributed by atoms with Crippen molar-refractivity contribution in [3.63, 3.8) is 0 Å². The predicted molar refractivity (Wildman–Crippen MR) is 64.3 cm³/mol. The van der Waals surface area contributed by atoms with Crippen LogP contribution in [0.2, 0.25) is 0 Å². The summed E-state index contributed by atoms with van der Waals surface area (Å²) in [6.07, 6.45) is 0. The highest BCUT2D eigenvalue weighted by molar-refractivity contribution is 5.96. The molecular formula is C13H17NO2. The number of nitrogens with zero attached hydrogens (tertiary/aromatic N) is 1. The van der Waals surface area contributed by atoms with E-state index in [1.54, 1.807) is 6.07 Å². The zero-order valence-electron chi connectivity index (χ0n) is 9.90. The second-order valence-electron chi connectivity index (χ2n) is 4.70. The topological polar surface area (TPSA) is 40.5 Å². The molecule has 3 heteroatoms. The molecule has 0 saturated heterocycles. The van der Waals surface area contributed by atoms with Gasteiger partial charge in [0, 0.05) is 18.5 Å². The number of carboxylic acids is 1. The highest BCUT2D eigenvalue weighted by atomic mass is 16.4. The summed E-state index contributed by atoms with van der Waals surface area (Å²) in [4.78, 5) is 13.4. The van der Waals surface area contributed by atoms with Gasteiger partial charge in [0.15, 0.2) is 0 Å². The van der Waals surface area contributed by atoms with Crippen LogP contribution >= 0.6 is 0 Å². The Hall–Kier alpha value is -1.51. The van der Waals surface area contributed by atoms with Crippen molar-refractivity contribution in [2.24, 2.45) is 0 Å². The van der Waals surface area contributed by atoms with Crippen LogP contribution in [-0.4, -0.2) is 23.7 Å². The van der Waals surface area contributed by atoms with Crippen LogP contribution in [0.1, 0.15) is 42.6 Å². The Morgan fingerprint density at radius 3 is 2.75 bits per heavy atom. The van der Waals surface area contributed by atoms with Gasteiger partial charge in [-0.1, -0.05) is 19.1 Å². The maximum absolute atomic E-state index is 11.2. The lowest BCUT2D eigenvalue weighted by Gasteiger charge is -2.25. The molecule has 0 radical (unpaired) electrons. The smallest absolute Gasteiger partial charge is 0.337 e. The molecule has 1 aliphatic rings. The minimum atomic E-state index is -0.836. The predicted octanol–water partition coefficient (Wildman–Crippen LogP) is 2.72. The van der Waals surface area contributed by atoms with Crippen LogP contribution in [0, 0.1) is 0 Å². The number of carboxylic acid groups (broad SMARTS) is 1. The Bertz CT molecular complexity index is 426. The van der Waals surface area contributed by atoms with Crippen molar-refractivity contribution in [1.82, 2.24) is 0 Å². The molecule has 0 amide bonds. The molecule has 0 aromatic heterocycles. The summed E-state index contributed by atoms with van der Waals surface area (Å²) in [7, 11) is 0. The molecule has 2 rings (SSSR count). The van der Waals surface area contributed by atoms with Gasteiger partial charge in [0.1, 0.15) is 0 Å². The highest BCUT2D eigenvalue weighted by Crippen LogP contribution is 2.39. The Morgan fingerprint density at radius 1 is 1.50 bits per heavy atom. The number of rotatable bonds is 2. The van der Waals surface area contributed by atoms with E-state index in [9.17, 15) is 9.90 Å².